The number of amides is 2. The lowest BCUT2D eigenvalue weighted by molar-refractivity contribution is -0.124. The molecule has 28 heavy (non-hydrogen) atoms. The third-order valence-electron chi connectivity index (χ3n) is 3.45. The highest BCUT2D eigenvalue weighted by molar-refractivity contribution is 8.00. The molecule has 0 radical (unpaired) electrons. The van der Waals surface area contributed by atoms with Crippen LogP contribution >= 0.6 is 11.8 Å². The molecule has 0 aliphatic heterocycles. The minimum absolute atomic E-state index is 0.0669. The monoisotopic (exact) mass is 397 g/mol. The fourth-order valence-electron chi connectivity index (χ4n) is 2.23. The van der Waals surface area contributed by atoms with Gasteiger partial charge in [-0.25, -0.2) is 4.79 Å². The third-order valence-corrected chi connectivity index (χ3v) is 4.52. The van der Waals surface area contributed by atoms with Gasteiger partial charge in [0.1, 0.15) is 0 Å². The highest BCUT2D eigenvalue weighted by atomic mass is 32.2. The fourth-order valence-corrected chi connectivity index (χ4v) is 3.07. The van der Waals surface area contributed by atoms with Crippen molar-refractivity contribution in [3.8, 4) is 6.07 Å². The van der Waals surface area contributed by atoms with Gasteiger partial charge >= 0.3 is 5.97 Å². The number of nitriles is 1. The molecule has 7 nitrogen and oxygen atoms in total. The topological polar surface area (TPSA) is 108 Å². The van der Waals surface area contributed by atoms with E-state index < -0.39 is 5.97 Å². The zero-order chi connectivity index (χ0) is 20.4. The number of likely N-dealkylation sites (N-methyl/N-ethyl adjacent to an activating group) is 1. The lowest BCUT2D eigenvalue weighted by Crippen LogP contribution is -2.28. The van der Waals surface area contributed by atoms with Crippen LogP contribution in [0.15, 0.2) is 53.4 Å². The molecule has 0 fully saturated rings. The van der Waals surface area contributed by atoms with Gasteiger partial charge in [0.2, 0.25) is 5.91 Å². The van der Waals surface area contributed by atoms with Crippen molar-refractivity contribution in [2.75, 3.05) is 24.2 Å². The normalized spacial score (nSPS) is 9.86. The molecule has 2 aromatic rings. The SMILES string of the molecule is CCNC(=O)COC(=O)c1ccccc1SCC(=O)Nc1cccc(C#N)c1. The Balaban J connectivity index is 1.95. The number of anilines is 1. The molecule has 144 valence electrons. The van der Waals surface area contributed by atoms with Crippen LogP contribution in [-0.2, 0) is 14.3 Å². The van der Waals surface area contributed by atoms with Gasteiger partial charge in [-0.2, -0.15) is 5.26 Å². The maximum Gasteiger partial charge on any atom is 0.339 e. The van der Waals surface area contributed by atoms with Crippen LogP contribution in [0, 0.1) is 11.3 Å². The molecule has 0 saturated heterocycles. The Labute approximate surface area is 167 Å². The first kappa shape index (κ1) is 21.0. The first-order valence-electron chi connectivity index (χ1n) is 8.49. The summed E-state index contributed by atoms with van der Waals surface area (Å²) in [4.78, 5) is 36.4. The third kappa shape index (κ3) is 6.45. The molecule has 0 atom stereocenters. The zero-order valence-corrected chi connectivity index (χ0v) is 16.0. The maximum atomic E-state index is 12.2. The molecule has 0 aliphatic carbocycles. The van der Waals surface area contributed by atoms with Crippen molar-refractivity contribution < 1.29 is 19.1 Å². The molecular weight excluding hydrogens is 378 g/mol. The summed E-state index contributed by atoms with van der Waals surface area (Å²) in [6.07, 6.45) is 0. The molecule has 0 spiro atoms. The number of carbonyl (C=O) groups excluding carboxylic acids is 3. The molecule has 0 aliphatic rings. The number of carbonyl (C=O) groups is 3. The molecule has 0 saturated carbocycles. The van der Waals surface area contributed by atoms with E-state index in [1.807, 2.05) is 6.07 Å². The van der Waals surface area contributed by atoms with E-state index in [0.717, 1.165) is 0 Å². The zero-order valence-electron chi connectivity index (χ0n) is 15.2. The van der Waals surface area contributed by atoms with Gasteiger partial charge in [0.05, 0.1) is 22.9 Å². The Bertz CT molecular complexity index is 908. The smallest absolute Gasteiger partial charge is 0.339 e. The molecule has 2 N–H and O–H groups in total. The van der Waals surface area contributed by atoms with Crippen LogP contribution in [0.3, 0.4) is 0 Å². The second-order valence-corrected chi connectivity index (χ2v) is 6.57. The van der Waals surface area contributed by atoms with E-state index in [1.165, 1.54) is 11.8 Å². The molecule has 2 amide bonds. The number of rotatable bonds is 8. The van der Waals surface area contributed by atoms with Gasteiger partial charge in [0.15, 0.2) is 6.61 Å². The van der Waals surface area contributed by atoms with Crippen LogP contribution in [0.2, 0.25) is 0 Å². The van der Waals surface area contributed by atoms with Gasteiger partial charge in [0.25, 0.3) is 5.91 Å². The first-order valence-corrected chi connectivity index (χ1v) is 9.47. The van der Waals surface area contributed by atoms with Crippen LogP contribution in [0.1, 0.15) is 22.8 Å². The maximum absolute atomic E-state index is 12.2. The largest absolute Gasteiger partial charge is 0.452 e. The van der Waals surface area contributed by atoms with E-state index in [9.17, 15) is 14.4 Å². The summed E-state index contributed by atoms with van der Waals surface area (Å²) in [5.41, 5.74) is 1.26. The van der Waals surface area contributed by atoms with Gasteiger partial charge in [0, 0.05) is 17.1 Å². The van der Waals surface area contributed by atoms with Crippen molar-refractivity contribution in [2.24, 2.45) is 0 Å². The van der Waals surface area contributed by atoms with Crippen molar-refractivity contribution in [3.05, 3.63) is 59.7 Å². The van der Waals surface area contributed by atoms with Crippen LogP contribution in [0.4, 0.5) is 5.69 Å². The summed E-state index contributed by atoms with van der Waals surface area (Å²) in [6, 6.07) is 15.3. The minimum Gasteiger partial charge on any atom is -0.452 e. The van der Waals surface area contributed by atoms with Crippen molar-refractivity contribution in [2.45, 2.75) is 11.8 Å². The summed E-state index contributed by atoms with van der Waals surface area (Å²) in [6.45, 7) is 1.86. The summed E-state index contributed by atoms with van der Waals surface area (Å²) >= 11 is 1.18. The van der Waals surface area contributed by atoms with E-state index in [2.05, 4.69) is 10.6 Å². The van der Waals surface area contributed by atoms with Crippen LogP contribution in [-0.4, -0.2) is 36.7 Å². The van der Waals surface area contributed by atoms with Crippen molar-refractivity contribution >= 4 is 35.2 Å². The minimum atomic E-state index is -0.628. The van der Waals surface area contributed by atoms with Gasteiger partial charge < -0.3 is 15.4 Å². The van der Waals surface area contributed by atoms with Crippen LogP contribution in [0.5, 0.6) is 0 Å². The Morgan fingerprint density at radius 2 is 1.89 bits per heavy atom. The lowest BCUT2D eigenvalue weighted by atomic mass is 10.2. The second-order valence-electron chi connectivity index (χ2n) is 5.56. The number of nitrogens with zero attached hydrogens (tertiary/aromatic N) is 1. The molecule has 0 bridgehead atoms. The number of hydrogen-bond donors (Lipinski definition) is 2. The van der Waals surface area contributed by atoms with Gasteiger partial charge in [-0.15, -0.1) is 11.8 Å². The number of hydrogen-bond acceptors (Lipinski definition) is 6. The first-order chi connectivity index (χ1) is 13.5. The molecule has 8 heteroatoms. The lowest BCUT2D eigenvalue weighted by Gasteiger charge is -2.10. The summed E-state index contributed by atoms with van der Waals surface area (Å²) in [5, 5.41) is 14.2. The average molecular weight is 397 g/mol. The highest BCUT2D eigenvalue weighted by Gasteiger charge is 2.15. The van der Waals surface area contributed by atoms with Crippen molar-refractivity contribution in [3.63, 3.8) is 0 Å². The average Bonchev–Trinajstić information content (AvgIpc) is 2.71. The fraction of sp³-hybridized carbons (Fsp3) is 0.200. The number of nitrogens with one attached hydrogen (secondary N) is 2. The second kappa shape index (κ2) is 10.7. The molecule has 0 aromatic heterocycles. The van der Waals surface area contributed by atoms with E-state index >= 15 is 0 Å². The van der Waals surface area contributed by atoms with E-state index in [4.69, 9.17) is 10.00 Å². The predicted octanol–water partition coefficient (Wildman–Crippen LogP) is 2.58. The molecular formula is C20H19N3O4S. The van der Waals surface area contributed by atoms with Gasteiger partial charge in [-0.1, -0.05) is 18.2 Å². The summed E-state index contributed by atoms with van der Waals surface area (Å²) < 4.78 is 5.02. The van der Waals surface area contributed by atoms with Crippen LogP contribution < -0.4 is 10.6 Å². The van der Waals surface area contributed by atoms with E-state index in [-0.39, 0.29) is 29.7 Å². The Morgan fingerprint density at radius 3 is 2.64 bits per heavy atom. The Kier molecular flexibility index (Phi) is 8.06. The molecule has 0 unspecified atom stereocenters. The highest BCUT2D eigenvalue weighted by Crippen LogP contribution is 2.23. The summed E-state index contributed by atoms with van der Waals surface area (Å²) in [7, 11) is 0. The van der Waals surface area contributed by atoms with Gasteiger partial charge in [-0.3, -0.25) is 9.59 Å². The Hall–Kier alpha value is -3.31. The quantitative estimate of drug-likeness (QED) is 0.524. The molecule has 2 rings (SSSR count). The van der Waals surface area contributed by atoms with Crippen LogP contribution in [0.25, 0.3) is 0 Å². The van der Waals surface area contributed by atoms with Crippen molar-refractivity contribution in [1.82, 2.24) is 5.32 Å². The van der Waals surface area contributed by atoms with Gasteiger partial charge in [-0.05, 0) is 37.3 Å². The van der Waals surface area contributed by atoms with Crippen molar-refractivity contribution in [1.29, 1.82) is 5.26 Å². The predicted molar refractivity (Wildman–Crippen MR) is 106 cm³/mol. The summed E-state index contributed by atoms with van der Waals surface area (Å²) in [5.74, 6) is -1.21. The Morgan fingerprint density at radius 1 is 1.11 bits per heavy atom. The number of esters is 1. The number of benzene rings is 2. The molecule has 0 heterocycles. The molecule has 2 aromatic carbocycles. The number of thioether (sulfide) groups is 1. The standard InChI is InChI=1S/C20H19N3O4S/c1-2-22-18(24)12-27-20(26)16-8-3-4-9-17(16)28-13-19(25)23-15-7-5-6-14(10-15)11-21/h3-10H,2,12-13H2,1H3,(H,22,24)(H,23,25). The van der Waals surface area contributed by atoms with E-state index in [1.54, 1.807) is 55.5 Å². The number of ether oxygens (including phenoxy) is 1. The van der Waals surface area contributed by atoms with E-state index in [0.29, 0.717) is 22.7 Å².